The van der Waals surface area contributed by atoms with Gasteiger partial charge in [0.25, 0.3) is 5.91 Å². The van der Waals surface area contributed by atoms with Crippen LogP contribution in [0.5, 0.6) is 0 Å². The number of oxazole rings is 2. The molecular formula is C27H29N5O6S. The van der Waals surface area contributed by atoms with Crippen LogP contribution in [-0.4, -0.2) is 39.8 Å². The summed E-state index contributed by atoms with van der Waals surface area (Å²) in [5, 5.41) is 8.31. The van der Waals surface area contributed by atoms with Crippen molar-refractivity contribution in [3.63, 3.8) is 0 Å². The van der Waals surface area contributed by atoms with Gasteiger partial charge in [-0.25, -0.2) is 19.7 Å². The van der Waals surface area contributed by atoms with Crippen LogP contribution in [0.3, 0.4) is 0 Å². The van der Waals surface area contributed by atoms with Crippen LogP contribution in [0.4, 0.5) is 0 Å². The average Bonchev–Trinajstić information content (AvgIpc) is 3.67. The first-order valence-electron chi connectivity index (χ1n) is 12.3. The third-order valence-electron chi connectivity index (χ3n) is 5.84. The molecule has 0 fully saturated rings. The largest absolute Gasteiger partial charge is 0.464 e. The number of methoxy groups -OCH3 is 1. The van der Waals surface area contributed by atoms with Gasteiger partial charge in [-0.1, -0.05) is 44.2 Å². The van der Waals surface area contributed by atoms with Crippen LogP contribution in [0.1, 0.15) is 76.1 Å². The monoisotopic (exact) mass is 551 g/mol. The van der Waals surface area contributed by atoms with E-state index in [1.54, 1.807) is 19.2 Å². The molecule has 0 radical (unpaired) electrons. The summed E-state index contributed by atoms with van der Waals surface area (Å²) < 4.78 is 15.7. The molecule has 0 aliphatic heterocycles. The van der Waals surface area contributed by atoms with Crippen LogP contribution < -0.4 is 10.6 Å². The Morgan fingerprint density at radius 2 is 1.79 bits per heavy atom. The zero-order valence-electron chi connectivity index (χ0n) is 22.2. The smallest absolute Gasteiger partial charge is 0.360 e. The molecule has 2 amide bonds. The summed E-state index contributed by atoms with van der Waals surface area (Å²) in [7, 11) is 1.24. The highest BCUT2D eigenvalue weighted by atomic mass is 32.1. The summed E-state index contributed by atoms with van der Waals surface area (Å²) in [5.74, 6) is -0.508. The Labute approximate surface area is 229 Å². The van der Waals surface area contributed by atoms with E-state index in [4.69, 9.17) is 8.83 Å². The molecule has 3 aromatic heterocycles. The van der Waals surface area contributed by atoms with Crippen molar-refractivity contribution in [3.8, 4) is 11.6 Å². The summed E-state index contributed by atoms with van der Waals surface area (Å²) in [4.78, 5) is 50.3. The molecule has 204 valence electrons. The van der Waals surface area contributed by atoms with E-state index >= 15 is 0 Å². The third-order valence-corrected chi connectivity index (χ3v) is 6.77. The van der Waals surface area contributed by atoms with E-state index < -0.39 is 17.9 Å². The molecule has 2 N–H and O–H groups in total. The Hall–Kier alpha value is -4.32. The number of amides is 2. The van der Waals surface area contributed by atoms with Crippen molar-refractivity contribution in [3.05, 3.63) is 75.6 Å². The lowest BCUT2D eigenvalue weighted by Gasteiger charge is -2.20. The Kier molecular flexibility index (Phi) is 8.55. The number of aromatic nitrogens is 3. The first-order chi connectivity index (χ1) is 18.7. The fourth-order valence-corrected chi connectivity index (χ4v) is 4.79. The number of hydrogen-bond acceptors (Lipinski definition) is 10. The van der Waals surface area contributed by atoms with Crippen LogP contribution in [0, 0.1) is 12.8 Å². The molecule has 39 heavy (non-hydrogen) atoms. The summed E-state index contributed by atoms with van der Waals surface area (Å²) in [6.45, 7) is 7.31. The number of thiazole rings is 1. The van der Waals surface area contributed by atoms with Gasteiger partial charge in [0.2, 0.25) is 17.7 Å². The Bertz CT molecular complexity index is 1460. The van der Waals surface area contributed by atoms with Crippen molar-refractivity contribution in [2.45, 2.75) is 46.2 Å². The normalized spacial score (nSPS) is 12.7. The van der Waals surface area contributed by atoms with Gasteiger partial charge in [0.05, 0.1) is 19.6 Å². The minimum absolute atomic E-state index is 0.00351. The second-order valence-electron chi connectivity index (χ2n) is 9.20. The van der Waals surface area contributed by atoms with Crippen molar-refractivity contribution in [2.24, 2.45) is 5.92 Å². The van der Waals surface area contributed by atoms with Crippen molar-refractivity contribution >= 4 is 29.1 Å². The highest BCUT2D eigenvalue weighted by molar-refractivity contribution is 7.10. The van der Waals surface area contributed by atoms with Gasteiger partial charge in [-0.15, -0.1) is 11.3 Å². The molecule has 12 heteroatoms. The third kappa shape index (κ3) is 6.58. The predicted molar refractivity (Wildman–Crippen MR) is 142 cm³/mol. The second-order valence-corrected chi connectivity index (χ2v) is 10.1. The number of esters is 1. The molecule has 0 saturated carbocycles. The van der Waals surface area contributed by atoms with Gasteiger partial charge in [0.15, 0.2) is 11.4 Å². The van der Waals surface area contributed by atoms with E-state index in [2.05, 4.69) is 30.3 Å². The van der Waals surface area contributed by atoms with Crippen LogP contribution in [0.25, 0.3) is 11.6 Å². The molecule has 0 aliphatic rings. The molecule has 0 aliphatic carbocycles. The maximum absolute atomic E-state index is 12.9. The molecule has 11 nitrogen and oxygen atoms in total. The SMILES string of the molecule is COC(=O)c1coc([C@H](C)NC(=O)c2nc(-c3csc([C@@H](NC(=O)Cc4ccccc4)C(C)C)n3)oc2C)n1. The van der Waals surface area contributed by atoms with Crippen molar-refractivity contribution in [1.29, 1.82) is 0 Å². The number of hydrogen-bond donors (Lipinski definition) is 2. The highest BCUT2D eigenvalue weighted by Crippen LogP contribution is 2.30. The molecule has 4 aromatic rings. The van der Waals surface area contributed by atoms with E-state index in [1.807, 2.05) is 44.2 Å². The number of nitrogens with one attached hydrogen (secondary N) is 2. The summed E-state index contributed by atoms with van der Waals surface area (Å²) in [5.41, 5.74) is 1.48. The number of rotatable bonds is 10. The first kappa shape index (κ1) is 27.7. The number of carbonyl (C=O) groups is 3. The van der Waals surface area contributed by atoms with Gasteiger partial charge in [-0.05, 0) is 25.3 Å². The molecule has 1 aromatic carbocycles. The minimum atomic E-state index is -0.646. The van der Waals surface area contributed by atoms with Gasteiger partial charge in [-0.2, -0.15) is 0 Å². The molecule has 2 atom stereocenters. The van der Waals surface area contributed by atoms with Crippen molar-refractivity contribution in [2.75, 3.05) is 7.11 Å². The van der Waals surface area contributed by atoms with Gasteiger partial charge < -0.3 is 24.2 Å². The van der Waals surface area contributed by atoms with Crippen molar-refractivity contribution in [1.82, 2.24) is 25.6 Å². The number of carbonyl (C=O) groups excluding carboxylic acids is 3. The second kappa shape index (κ2) is 12.0. The Balaban J connectivity index is 1.45. The minimum Gasteiger partial charge on any atom is -0.464 e. The van der Waals surface area contributed by atoms with E-state index in [0.717, 1.165) is 11.8 Å². The van der Waals surface area contributed by atoms with E-state index in [-0.39, 0.29) is 47.5 Å². The van der Waals surface area contributed by atoms with Crippen LogP contribution in [-0.2, 0) is 16.0 Å². The summed E-state index contributed by atoms with van der Waals surface area (Å²) in [6, 6.07) is 8.59. The molecule has 0 unspecified atom stereocenters. The quantitative estimate of drug-likeness (QED) is 0.273. The van der Waals surface area contributed by atoms with Gasteiger partial charge in [-0.3, -0.25) is 9.59 Å². The number of aryl methyl sites for hydroxylation is 1. The zero-order valence-corrected chi connectivity index (χ0v) is 23.0. The zero-order chi connectivity index (χ0) is 28.1. The number of ether oxygens (including phenoxy) is 1. The molecule has 0 saturated heterocycles. The fraction of sp³-hybridized carbons (Fsp3) is 0.333. The predicted octanol–water partition coefficient (Wildman–Crippen LogP) is 4.43. The lowest BCUT2D eigenvalue weighted by Crippen LogP contribution is -2.32. The van der Waals surface area contributed by atoms with E-state index in [9.17, 15) is 14.4 Å². The first-order valence-corrected chi connectivity index (χ1v) is 13.1. The van der Waals surface area contributed by atoms with Crippen LogP contribution in [0.15, 0.2) is 50.8 Å². The van der Waals surface area contributed by atoms with E-state index in [0.29, 0.717) is 16.5 Å². The Morgan fingerprint density at radius 1 is 1.05 bits per heavy atom. The highest BCUT2D eigenvalue weighted by Gasteiger charge is 2.26. The molecule has 3 heterocycles. The van der Waals surface area contributed by atoms with Crippen LogP contribution >= 0.6 is 11.3 Å². The van der Waals surface area contributed by atoms with Gasteiger partial charge in [0.1, 0.15) is 28.8 Å². The Morgan fingerprint density at radius 3 is 2.49 bits per heavy atom. The van der Waals surface area contributed by atoms with E-state index in [1.165, 1.54) is 18.4 Å². The van der Waals surface area contributed by atoms with Crippen LogP contribution in [0.2, 0.25) is 0 Å². The molecule has 4 rings (SSSR count). The summed E-state index contributed by atoms with van der Waals surface area (Å²) in [6.07, 6.45) is 1.44. The number of benzene rings is 1. The van der Waals surface area contributed by atoms with Gasteiger partial charge in [0, 0.05) is 5.38 Å². The average molecular weight is 552 g/mol. The number of nitrogens with zero attached hydrogens (tertiary/aromatic N) is 3. The lowest BCUT2D eigenvalue weighted by molar-refractivity contribution is -0.121. The molecule has 0 spiro atoms. The lowest BCUT2D eigenvalue weighted by atomic mass is 10.0. The summed E-state index contributed by atoms with van der Waals surface area (Å²) >= 11 is 1.38. The standard InChI is InChI=1S/C27H29N5O6S/c1-14(2)21(31-20(33)11-17-9-7-6-8-10-17)26-30-19(13-39-26)25-32-22(16(4)38-25)23(34)28-15(3)24-29-18(12-37-24)27(35)36-5/h6-10,12-15,21H,11H2,1-5H3,(H,28,34)(H,31,33)/t15-,21-/m0/s1. The molecular weight excluding hydrogens is 522 g/mol. The maximum atomic E-state index is 12.9. The topological polar surface area (TPSA) is 149 Å². The molecule has 0 bridgehead atoms. The van der Waals surface area contributed by atoms with Crippen molar-refractivity contribution < 1.29 is 28.0 Å². The maximum Gasteiger partial charge on any atom is 0.360 e. The van der Waals surface area contributed by atoms with Gasteiger partial charge >= 0.3 is 5.97 Å². The fourth-order valence-electron chi connectivity index (χ4n) is 3.78.